The van der Waals surface area contributed by atoms with E-state index in [0.717, 1.165) is 52.4 Å². The average molecular weight is 472 g/mol. The maximum Gasteiger partial charge on any atom is 0.224 e. The van der Waals surface area contributed by atoms with Gasteiger partial charge in [-0.1, -0.05) is 42.0 Å². The van der Waals surface area contributed by atoms with Crippen LogP contribution in [-0.4, -0.2) is 29.2 Å². The monoisotopic (exact) mass is 471 g/mol. The van der Waals surface area contributed by atoms with Crippen LogP contribution in [0.1, 0.15) is 41.9 Å². The van der Waals surface area contributed by atoms with E-state index in [0.29, 0.717) is 13.0 Å². The molecule has 0 radical (unpaired) electrons. The molecule has 0 saturated heterocycles. The third kappa shape index (κ3) is 6.01. The summed E-state index contributed by atoms with van der Waals surface area (Å²) >= 11 is 0. The third-order valence-corrected chi connectivity index (χ3v) is 6.09. The molecule has 1 heterocycles. The van der Waals surface area contributed by atoms with Crippen LogP contribution in [0.4, 0.5) is 0 Å². The first-order valence-electron chi connectivity index (χ1n) is 12.0. The fraction of sp³-hybridized carbons (Fsp3) is 0.310. The van der Waals surface area contributed by atoms with Gasteiger partial charge in [0.1, 0.15) is 17.3 Å². The fourth-order valence-corrected chi connectivity index (χ4v) is 4.31. The summed E-state index contributed by atoms with van der Waals surface area (Å²) in [7, 11) is 1.63. The van der Waals surface area contributed by atoms with Gasteiger partial charge in [-0.05, 0) is 68.7 Å². The number of nitrogens with one attached hydrogen (secondary N) is 1. The second kappa shape index (κ2) is 11.1. The lowest BCUT2D eigenvalue weighted by atomic mass is 10.1. The number of carbonyl (C=O) groups excluding carboxylic acids is 1. The number of para-hydroxylation sites is 2. The third-order valence-electron chi connectivity index (χ3n) is 6.09. The van der Waals surface area contributed by atoms with Crippen LogP contribution in [-0.2, 0) is 17.8 Å². The number of imidazole rings is 1. The summed E-state index contributed by atoms with van der Waals surface area (Å²) in [6.45, 7) is 7.49. The van der Waals surface area contributed by atoms with Gasteiger partial charge in [-0.2, -0.15) is 0 Å². The first-order valence-corrected chi connectivity index (χ1v) is 12.0. The number of carbonyl (C=O) groups is 1. The van der Waals surface area contributed by atoms with E-state index >= 15 is 0 Å². The maximum atomic E-state index is 12.8. The molecule has 4 aromatic rings. The van der Waals surface area contributed by atoms with Gasteiger partial charge in [0.2, 0.25) is 5.91 Å². The van der Waals surface area contributed by atoms with E-state index in [1.807, 2.05) is 55.5 Å². The molecule has 0 aliphatic rings. The lowest BCUT2D eigenvalue weighted by Gasteiger charge is -2.17. The van der Waals surface area contributed by atoms with Gasteiger partial charge in [0.05, 0.1) is 37.2 Å². The zero-order valence-corrected chi connectivity index (χ0v) is 20.9. The van der Waals surface area contributed by atoms with Gasteiger partial charge in [-0.25, -0.2) is 4.98 Å². The van der Waals surface area contributed by atoms with Crippen LogP contribution in [0.5, 0.6) is 11.5 Å². The number of benzene rings is 3. The molecule has 0 bridgehead atoms. The highest BCUT2D eigenvalue weighted by Gasteiger charge is 2.18. The van der Waals surface area contributed by atoms with E-state index < -0.39 is 0 Å². The van der Waals surface area contributed by atoms with Gasteiger partial charge in [-0.3, -0.25) is 4.79 Å². The molecule has 0 aliphatic heterocycles. The summed E-state index contributed by atoms with van der Waals surface area (Å²) < 4.78 is 13.4. The van der Waals surface area contributed by atoms with E-state index in [1.54, 1.807) is 7.11 Å². The van der Waals surface area contributed by atoms with Crippen molar-refractivity contribution in [3.63, 3.8) is 0 Å². The first-order chi connectivity index (χ1) is 16.9. The normalized spacial score (nSPS) is 11.9. The largest absolute Gasteiger partial charge is 0.497 e. The minimum absolute atomic E-state index is 0.0422. The summed E-state index contributed by atoms with van der Waals surface area (Å²) in [5.74, 6) is 2.50. The molecule has 6 heteroatoms. The number of hydrogen-bond donors (Lipinski definition) is 1. The van der Waals surface area contributed by atoms with Crippen molar-refractivity contribution in [2.24, 2.45) is 0 Å². The van der Waals surface area contributed by atoms with Crippen molar-refractivity contribution in [2.45, 2.75) is 46.2 Å². The molecule has 1 aromatic heterocycles. The van der Waals surface area contributed by atoms with Gasteiger partial charge < -0.3 is 19.4 Å². The van der Waals surface area contributed by atoms with Crippen molar-refractivity contribution in [3.8, 4) is 11.5 Å². The molecule has 6 nitrogen and oxygen atoms in total. The highest BCUT2D eigenvalue weighted by atomic mass is 16.5. The van der Waals surface area contributed by atoms with Gasteiger partial charge in [0, 0.05) is 6.54 Å². The molecule has 1 amide bonds. The standard InChI is InChI=1S/C29H33N3O3/c1-20-10-15-27(21(2)18-20)35-17-7-16-32-26-9-6-5-8-25(26)31-29(32)22(3)30-28(33)19-23-11-13-24(34-4)14-12-23/h5-6,8-15,18,22H,7,16-17,19H2,1-4H3,(H,30,33). The Morgan fingerprint density at radius 3 is 2.57 bits per heavy atom. The Kier molecular flexibility index (Phi) is 7.70. The lowest BCUT2D eigenvalue weighted by molar-refractivity contribution is -0.121. The minimum Gasteiger partial charge on any atom is -0.497 e. The molecule has 1 atom stereocenters. The number of methoxy groups -OCH3 is 1. The highest BCUT2D eigenvalue weighted by molar-refractivity contribution is 5.79. The Bertz CT molecular complexity index is 1290. The maximum absolute atomic E-state index is 12.8. The number of amides is 1. The number of fused-ring (bicyclic) bond motifs is 1. The van der Waals surface area contributed by atoms with Crippen molar-refractivity contribution in [3.05, 3.63) is 89.2 Å². The zero-order valence-electron chi connectivity index (χ0n) is 20.9. The quantitative estimate of drug-likeness (QED) is 0.308. The van der Waals surface area contributed by atoms with E-state index in [-0.39, 0.29) is 11.9 Å². The second-order valence-corrected chi connectivity index (χ2v) is 8.90. The predicted octanol–water partition coefficient (Wildman–Crippen LogP) is 5.55. The molecule has 3 aromatic carbocycles. The first kappa shape index (κ1) is 24.3. The number of aryl methyl sites for hydroxylation is 3. The number of aromatic nitrogens is 2. The molecule has 1 unspecified atom stereocenters. The van der Waals surface area contributed by atoms with Gasteiger partial charge in [0.15, 0.2) is 0 Å². The predicted molar refractivity (Wildman–Crippen MR) is 139 cm³/mol. The molecule has 182 valence electrons. The van der Waals surface area contributed by atoms with Crippen molar-refractivity contribution >= 4 is 16.9 Å². The van der Waals surface area contributed by atoms with E-state index in [9.17, 15) is 4.79 Å². The smallest absolute Gasteiger partial charge is 0.224 e. The Hall–Kier alpha value is -3.80. The molecular formula is C29H33N3O3. The molecule has 1 N–H and O–H groups in total. The van der Waals surface area contributed by atoms with E-state index in [1.165, 1.54) is 5.56 Å². The number of ether oxygens (including phenoxy) is 2. The van der Waals surface area contributed by atoms with E-state index in [4.69, 9.17) is 14.5 Å². The summed E-state index contributed by atoms with van der Waals surface area (Å²) in [6, 6.07) is 21.6. The summed E-state index contributed by atoms with van der Waals surface area (Å²) in [4.78, 5) is 17.6. The van der Waals surface area contributed by atoms with Crippen molar-refractivity contribution in [1.82, 2.24) is 14.9 Å². The molecular weight excluding hydrogens is 438 g/mol. The lowest BCUT2D eigenvalue weighted by Crippen LogP contribution is -2.30. The van der Waals surface area contributed by atoms with Gasteiger partial charge in [0.25, 0.3) is 0 Å². The van der Waals surface area contributed by atoms with Gasteiger partial charge in [-0.15, -0.1) is 0 Å². The summed E-state index contributed by atoms with van der Waals surface area (Å²) in [5.41, 5.74) is 5.30. The van der Waals surface area contributed by atoms with Crippen LogP contribution < -0.4 is 14.8 Å². The average Bonchev–Trinajstić information content (AvgIpc) is 3.22. The van der Waals surface area contributed by atoms with Crippen LogP contribution in [0.3, 0.4) is 0 Å². The molecule has 35 heavy (non-hydrogen) atoms. The van der Waals surface area contributed by atoms with Crippen LogP contribution in [0, 0.1) is 13.8 Å². The molecule has 4 rings (SSSR count). The van der Waals surface area contributed by atoms with E-state index in [2.05, 4.69) is 41.9 Å². The van der Waals surface area contributed by atoms with Crippen molar-refractivity contribution in [2.75, 3.05) is 13.7 Å². The highest BCUT2D eigenvalue weighted by Crippen LogP contribution is 2.23. The van der Waals surface area contributed by atoms with Crippen molar-refractivity contribution in [1.29, 1.82) is 0 Å². The Balaban J connectivity index is 1.42. The Morgan fingerprint density at radius 2 is 1.83 bits per heavy atom. The number of hydrogen-bond acceptors (Lipinski definition) is 4. The van der Waals surface area contributed by atoms with Crippen molar-refractivity contribution < 1.29 is 14.3 Å². The Morgan fingerprint density at radius 1 is 1.06 bits per heavy atom. The zero-order chi connectivity index (χ0) is 24.8. The van der Waals surface area contributed by atoms with Crippen LogP contribution in [0.25, 0.3) is 11.0 Å². The number of nitrogens with zero attached hydrogens (tertiary/aromatic N) is 2. The summed E-state index contributed by atoms with van der Waals surface area (Å²) in [5, 5.41) is 3.12. The SMILES string of the molecule is COc1ccc(CC(=O)NC(C)c2nc3ccccc3n2CCCOc2ccc(C)cc2C)cc1. The molecule has 0 spiro atoms. The van der Waals surface area contributed by atoms with Crippen LogP contribution in [0.2, 0.25) is 0 Å². The van der Waals surface area contributed by atoms with Crippen LogP contribution in [0.15, 0.2) is 66.7 Å². The second-order valence-electron chi connectivity index (χ2n) is 8.90. The summed E-state index contributed by atoms with van der Waals surface area (Å²) in [6.07, 6.45) is 1.13. The molecule has 0 fully saturated rings. The minimum atomic E-state index is -0.228. The fourth-order valence-electron chi connectivity index (χ4n) is 4.31. The Labute approximate surface area is 206 Å². The topological polar surface area (TPSA) is 65.4 Å². The number of rotatable bonds is 10. The molecule has 0 saturated carbocycles. The molecule has 0 aliphatic carbocycles. The van der Waals surface area contributed by atoms with Crippen LogP contribution >= 0.6 is 0 Å². The van der Waals surface area contributed by atoms with Gasteiger partial charge >= 0.3 is 0 Å².